The minimum absolute atomic E-state index is 0.699. The van der Waals surface area contributed by atoms with Crippen LogP contribution in [0, 0.1) is 20.8 Å². The lowest BCUT2D eigenvalue weighted by atomic mass is 10.2. The summed E-state index contributed by atoms with van der Waals surface area (Å²) in [5.74, 6) is 1.90. The zero-order valence-electron chi connectivity index (χ0n) is 10.9. The molecular weight excluding hydrogens is 214 g/mol. The van der Waals surface area contributed by atoms with Crippen molar-refractivity contribution < 1.29 is 4.42 Å². The van der Waals surface area contributed by atoms with Crippen molar-refractivity contribution in [1.82, 2.24) is 15.1 Å². The van der Waals surface area contributed by atoms with Gasteiger partial charge in [0.2, 0.25) is 0 Å². The van der Waals surface area contributed by atoms with Gasteiger partial charge < -0.3 is 9.73 Å². The summed E-state index contributed by atoms with van der Waals surface area (Å²) in [7, 11) is 1.91. The molecule has 92 valence electrons. The predicted molar refractivity (Wildman–Crippen MR) is 67.0 cm³/mol. The summed E-state index contributed by atoms with van der Waals surface area (Å²) in [4.78, 5) is 0. The Morgan fingerprint density at radius 1 is 1.24 bits per heavy atom. The van der Waals surface area contributed by atoms with Gasteiger partial charge in [-0.25, -0.2) is 0 Å². The van der Waals surface area contributed by atoms with Crippen LogP contribution < -0.4 is 5.32 Å². The highest BCUT2D eigenvalue weighted by atomic mass is 16.3. The van der Waals surface area contributed by atoms with E-state index in [1.165, 1.54) is 11.3 Å². The van der Waals surface area contributed by atoms with Crippen molar-refractivity contribution in [3.8, 4) is 0 Å². The molecule has 0 fully saturated rings. The van der Waals surface area contributed by atoms with E-state index in [1.807, 2.05) is 30.8 Å². The minimum Gasteiger partial charge on any atom is -0.463 e. The molecule has 1 N–H and O–H groups in total. The third-order valence-corrected chi connectivity index (χ3v) is 3.12. The van der Waals surface area contributed by atoms with E-state index in [-0.39, 0.29) is 0 Å². The molecule has 0 unspecified atom stereocenters. The van der Waals surface area contributed by atoms with Gasteiger partial charge in [0.05, 0.1) is 18.8 Å². The first-order chi connectivity index (χ1) is 8.11. The first-order valence-corrected chi connectivity index (χ1v) is 5.84. The molecule has 0 aliphatic rings. The fourth-order valence-corrected chi connectivity index (χ4v) is 1.86. The van der Waals surface area contributed by atoms with Crippen LogP contribution in [0.4, 0.5) is 0 Å². The highest BCUT2D eigenvalue weighted by molar-refractivity contribution is 5.23. The van der Waals surface area contributed by atoms with Gasteiger partial charge in [-0.1, -0.05) is 0 Å². The van der Waals surface area contributed by atoms with Crippen LogP contribution in [0.3, 0.4) is 0 Å². The van der Waals surface area contributed by atoms with Crippen molar-refractivity contribution in [2.75, 3.05) is 7.05 Å². The molecule has 0 aliphatic carbocycles. The zero-order chi connectivity index (χ0) is 12.4. The molecule has 2 heterocycles. The predicted octanol–water partition coefficient (Wildman–Crippen LogP) is 2.17. The summed E-state index contributed by atoms with van der Waals surface area (Å²) in [6.45, 7) is 7.68. The van der Waals surface area contributed by atoms with E-state index in [4.69, 9.17) is 4.42 Å². The average molecular weight is 233 g/mol. The Bertz CT molecular complexity index is 511. The third kappa shape index (κ3) is 2.42. The first kappa shape index (κ1) is 11.9. The van der Waals surface area contributed by atoms with Gasteiger partial charge in [-0.05, 0) is 45.5 Å². The van der Waals surface area contributed by atoms with Crippen LogP contribution >= 0.6 is 0 Å². The van der Waals surface area contributed by atoms with E-state index < -0.39 is 0 Å². The number of rotatable bonds is 4. The molecule has 0 aliphatic heterocycles. The van der Waals surface area contributed by atoms with Gasteiger partial charge in [0.25, 0.3) is 0 Å². The maximum Gasteiger partial charge on any atom is 0.125 e. The molecule has 0 bridgehead atoms. The highest BCUT2D eigenvalue weighted by Gasteiger charge is 2.09. The van der Waals surface area contributed by atoms with Crippen molar-refractivity contribution in [1.29, 1.82) is 0 Å². The Morgan fingerprint density at radius 2 is 1.94 bits per heavy atom. The number of nitrogens with one attached hydrogen (secondary N) is 1. The maximum absolute atomic E-state index is 5.71. The van der Waals surface area contributed by atoms with E-state index in [1.54, 1.807) is 0 Å². The molecule has 2 rings (SSSR count). The standard InChI is InChI=1S/C13H19N3O/c1-9-10(2)15-16(11(9)3)8-13-6-5-12(17-13)7-14-4/h5-6,14H,7-8H2,1-4H3. The third-order valence-electron chi connectivity index (χ3n) is 3.12. The summed E-state index contributed by atoms with van der Waals surface area (Å²) in [5, 5.41) is 7.57. The number of nitrogens with zero attached hydrogens (tertiary/aromatic N) is 2. The van der Waals surface area contributed by atoms with E-state index in [0.29, 0.717) is 6.54 Å². The summed E-state index contributed by atoms with van der Waals surface area (Å²) in [6.07, 6.45) is 0. The van der Waals surface area contributed by atoms with Crippen molar-refractivity contribution in [2.24, 2.45) is 0 Å². The largest absolute Gasteiger partial charge is 0.463 e. The second-order valence-electron chi connectivity index (χ2n) is 4.35. The topological polar surface area (TPSA) is 43.0 Å². The summed E-state index contributed by atoms with van der Waals surface area (Å²) in [6, 6.07) is 4.02. The van der Waals surface area contributed by atoms with Crippen LogP contribution in [0.25, 0.3) is 0 Å². The second kappa shape index (κ2) is 4.75. The molecule has 4 heteroatoms. The molecule has 0 radical (unpaired) electrons. The summed E-state index contributed by atoms with van der Waals surface area (Å²) < 4.78 is 7.70. The summed E-state index contributed by atoms with van der Waals surface area (Å²) >= 11 is 0. The quantitative estimate of drug-likeness (QED) is 0.880. The van der Waals surface area contributed by atoms with Gasteiger partial charge in [0.1, 0.15) is 11.5 Å². The molecule has 2 aromatic heterocycles. The van der Waals surface area contributed by atoms with Crippen LogP contribution in [0.2, 0.25) is 0 Å². The molecule has 0 spiro atoms. The van der Waals surface area contributed by atoms with Gasteiger partial charge >= 0.3 is 0 Å². The monoisotopic (exact) mass is 233 g/mol. The van der Waals surface area contributed by atoms with Crippen molar-refractivity contribution in [3.63, 3.8) is 0 Å². The lowest BCUT2D eigenvalue weighted by molar-refractivity contribution is 0.434. The van der Waals surface area contributed by atoms with Crippen LogP contribution in [0.1, 0.15) is 28.5 Å². The van der Waals surface area contributed by atoms with Crippen LogP contribution in [0.15, 0.2) is 16.5 Å². The molecule has 0 atom stereocenters. The molecule has 0 saturated carbocycles. The molecular formula is C13H19N3O. The van der Waals surface area contributed by atoms with Gasteiger partial charge in [-0.3, -0.25) is 4.68 Å². The van der Waals surface area contributed by atoms with Gasteiger partial charge in [0.15, 0.2) is 0 Å². The number of hydrogen-bond acceptors (Lipinski definition) is 3. The number of aryl methyl sites for hydroxylation is 1. The van der Waals surface area contributed by atoms with Crippen molar-refractivity contribution in [3.05, 3.63) is 40.6 Å². The molecule has 0 saturated heterocycles. The minimum atomic E-state index is 0.699. The smallest absolute Gasteiger partial charge is 0.125 e. The SMILES string of the molecule is CNCc1ccc(Cn2nc(C)c(C)c2C)o1. The summed E-state index contributed by atoms with van der Waals surface area (Å²) in [5.41, 5.74) is 3.55. The average Bonchev–Trinajstić information content (AvgIpc) is 2.82. The Hall–Kier alpha value is -1.55. The Kier molecular flexibility index (Phi) is 3.33. The molecule has 4 nitrogen and oxygen atoms in total. The second-order valence-corrected chi connectivity index (χ2v) is 4.35. The van der Waals surface area contributed by atoms with Gasteiger partial charge in [-0.2, -0.15) is 5.10 Å². The van der Waals surface area contributed by atoms with E-state index >= 15 is 0 Å². The number of furan rings is 1. The van der Waals surface area contributed by atoms with Crippen LogP contribution in [-0.2, 0) is 13.1 Å². The van der Waals surface area contributed by atoms with Gasteiger partial charge in [-0.15, -0.1) is 0 Å². The molecule has 0 aromatic carbocycles. The van der Waals surface area contributed by atoms with E-state index in [0.717, 1.165) is 23.8 Å². The lowest BCUT2D eigenvalue weighted by Crippen LogP contribution is -2.04. The zero-order valence-corrected chi connectivity index (χ0v) is 10.9. The van der Waals surface area contributed by atoms with Crippen LogP contribution in [0.5, 0.6) is 0 Å². The Balaban J connectivity index is 2.16. The number of aromatic nitrogens is 2. The fraction of sp³-hybridized carbons (Fsp3) is 0.462. The van der Waals surface area contributed by atoms with Crippen LogP contribution in [-0.4, -0.2) is 16.8 Å². The highest BCUT2D eigenvalue weighted by Crippen LogP contribution is 2.14. The van der Waals surface area contributed by atoms with Crippen molar-refractivity contribution in [2.45, 2.75) is 33.9 Å². The Labute approximate surface area is 102 Å². The molecule has 2 aromatic rings. The van der Waals surface area contributed by atoms with Gasteiger partial charge in [0, 0.05) is 5.69 Å². The Morgan fingerprint density at radius 3 is 2.53 bits per heavy atom. The van der Waals surface area contributed by atoms with E-state index in [2.05, 4.69) is 24.3 Å². The number of hydrogen-bond donors (Lipinski definition) is 1. The lowest BCUT2D eigenvalue weighted by Gasteiger charge is -2.02. The normalized spacial score (nSPS) is 11.1. The fourth-order valence-electron chi connectivity index (χ4n) is 1.86. The molecule has 17 heavy (non-hydrogen) atoms. The first-order valence-electron chi connectivity index (χ1n) is 5.84. The van der Waals surface area contributed by atoms with Crippen molar-refractivity contribution >= 4 is 0 Å². The van der Waals surface area contributed by atoms with E-state index in [9.17, 15) is 0 Å². The maximum atomic E-state index is 5.71. The molecule has 0 amide bonds.